The molecule has 1 N–H and O–H groups in total. The van der Waals surface area contributed by atoms with Crippen LogP contribution in [0.4, 0.5) is 0 Å². The SMILES string of the molecule is CCCC(CC)NC1CCCC(C(C)(C)C)CC1. The molecule has 1 saturated carbocycles. The minimum absolute atomic E-state index is 0.502. The number of hydrogen-bond acceptors (Lipinski definition) is 1. The highest BCUT2D eigenvalue weighted by atomic mass is 14.9. The summed E-state index contributed by atoms with van der Waals surface area (Å²) in [5.41, 5.74) is 0.502. The second-order valence-corrected chi connectivity index (χ2v) is 7.33. The van der Waals surface area contributed by atoms with E-state index >= 15 is 0 Å². The van der Waals surface area contributed by atoms with E-state index in [9.17, 15) is 0 Å². The highest BCUT2D eigenvalue weighted by molar-refractivity contribution is 4.82. The quantitative estimate of drug-likeness (QED) is 0.668. The van der Waals surface area contributed by atoms with E-state index in [4.69, 9.17) is 0 Å². The van der Waals surface area contributed by atoms with Crippen molar-refractivity contribution in [3.05, 3.63) is 0 Å². The van der Waals surface area contributed by atoms with Crippen LogP contribution in [0.2, 0.25) is 0 Å². The van der Waals surface area contributed by atoms with Gasteiger partial charge in [-0.15, -0.1) is 0 Å². The first-order chi connectivity index (χ1) is 8.47. The largest absolute Gasteiger partial charge is 0.311 e. The van der Waals surface area contributed by atoms with Gasteiger partial charge in [-0.3, -0.25) is 0 Å². The maximum absolute atomic E-state index is 3.92. The van der Waals surface area contributed by atoms with E-state index in [1.54, 1.807) is 0 Å². The van der Waals surface area contributed by atoms with Crippen molar-refractivity contribution in [2.45, 2.75) is 98.1 Å². The molecule has 0 spiro atoms. The van der Waals surface area contributed by atoms with E-state index in [0.29, 0.717) is 5.41 Å². The molecule has 0 saturated heterocycles. The van der Waals surface area contributed by atoms with Crippen LogP contribution >= 0.6 is 0 Å². The number of nitrogens with one attached hydrogen (secondary N) is 1. The van der Waals surface area contributed by atoms with E-state index in [0.717, 1.165) is 18.0 Å². The molecule has 0 bridgehead atoms. The molecule has 0 radical (unpaired) electrons. The summed E-state index contributed by atoms with van der Waals surface area (Å²) < 4.78 is 0. The van der Waals surface area contributed by atoms with E-state index < -0.39 is 0 Å². The lowest BCUT2D eigenvalue weighted by molar-refractivity contribution is 0.213. The molecule has 108 valence electrons. The minimum Gasteiger partial charge on any atom is -0.311 e. The summed E-state index contributed by atoms with van der Waals surface area (Å²) in [6.07, 6.45) is 11.0. The molecule has 0 aromatic heterocycles. The fourth-order valence-corrected chi connectivity index (χ4v) is 3.42. The second kappa shape index (κ2) is 7.53. The molecular weight excluding hydrogens is 218 g/mol. The van der Waals surface area contributed by atoms with Crippen LogP contribution in [-0.2, 0) is 0 Å². The first kappa shape index (κ1) is 16.0. The van der Waals surface area contributed by atoms with Crippen molar-refractivity contribution in [2.75, 3.05) is 0 Å². The minimum atomic E-state index is 0.502. The highest BCUT2D eigenvalue weighted by Crippen LogP contribution is 2.36. The molecule has 1 heteroatoms. The lowest BCUT2D eigenvalue weighted by Gasteiger charge is -2.30. The predicted molar refractivity (Wildman–Crippen MR) is 81.9 cm³/mol. The summed E-state index contributed by atoms with van der Waals surface area (Å²) in [6.45, 7) is 11.9. The van der Waals surface area contributed by atoms with Gasteiger partial charge in [0.2, 0.25) is 0 Å². The zero-order chi connectivity index (χ0) is 13.6. The van der Waals surface area contributed by atoms with Crippen molar-refractivity contribution in [1.29, 1.82) is 0 Å². The van der Waals surface area contributed by atoms with E-state index in [1.165, 1.54) is 51.4 Å². The van der Waals surface area contributed by atoms with Crippen molar-refractivity contribution >= 4 is 0 Å². The molecule has 0 aliphatic heterocycles. The van der Waals surface area contributed by atoms with Crippen LogP contribution in [0.15, 0.2) is 0 Å². The van der Waals surface area contributed by atoms with E-state index in [2.05, 4.69) is 39.9 Å². The molecule has 3 atom stereocenters. The van der Waals surface area contributed by atoms with Gasteiger partial charge in [-0.05, 0) is 49.9 Å². The summed E-state index contributed by atoms with van der Waals surface area (Å²) >= 11 is 0. The van der Waals surface area contributed by atoms with Crippen LogP contribution in [0.1, 0.15) is 86.0 Å². The zero-order valence-corrected chi connectivity index (χ0v) is 13.4. The first-order valence-electron chi connectivity index (χ1n) is 8.23. The monoisotopic (exact) mass is 253 g/mol. The third-order valence-electron chi connectivity index (χ3n) is 4.79. The Morgan fingerprint density at radius 1 is 1.06 bits per heavy atom. The van der Waals surface area contributed by atoms with Crippen molar-refractivity contribution in [3.63, 3.8) is 0 Å². The summed E-state index contributed by atoms with van der Waals surface area (Å²) in [4.78, 5) is 0. The van der Waals surface area contributed by atoms with Crippen LogP contribution in [0, 0.1) is 11.3 Å². The smallest absolute Gasteiger partial charge is 0.00697 e. The molecule has 1 aliphatic rings. The van der Waals surface area contributed by atoms with Gasteiger partial charge < -0.3 is 5.32 Å². The average molecular weight is 253 g/mol. The molecule has 0 aromatic rings. The second-order valence-electron chi connectivity index (χ2n) is 7.33. The Hall–Kier alpha value is -0.0400. The Bertz CT molecular complexity index is 216. The van der Waals surface area contributed by atoms with Crippen LogP contribution in [0.3, 0.4) is 0 Å². The van der Waals surface area contributed by atoms with E-state index in [1.807, 2.05) is 0 Å². The normalized spacial score (nSPS) is 27.8. The van der Waals surface area contributed by atoms with E-state index in [-0.39, 0.29) is 0 Å². The summed E-state index contributed by atoms with van der Waals surface area (Å²) in [6, 6.07) is 1.54. The molecule has 3 unspecified atom stereocenters. The maximum Gasteiger partial charge on any atom is 0.00697 e. The van der Waals surface area contributed by atoms with Gasteiger partial charge in [0.25, 0.3) is 0 Å². The molecule has 0 amide bonds. The molecule has 1 fully saturated rings. The standard InChI is InChI=1S/C17H35N/c1-6-9-15(7-2)18-16-11-8-10-14(12-13-16)17(3,4)5/h14-16,18H,6-13H2,1-5H3. The van der Waals surface area contributed by atoms with Crippen molar-refractivity contribution < 1.29 is 0 Å². The van der Waals surface area contributed by atoms with Gasteiger partial charge in [0.15, 0.2) is 0 Å². The topological polar surface area (TPSA) is 12.0 Å². The zero-order valence-electron chi connectivity index (χ0n) is 13.4. The van der Waals surface area contributed by atoms with Crippen LogP contribution in [0.25, 0.3) is 0 Å². The van der Waals surface area contributed by atoms with Crippen molar-refractivity contribution in [3.8, 4) is 0 Å². The fourth-order valence-electron chi connectivity index (χ4n) is 3.42. The first-order valence-corrected chi connectivity index (χ1v) is 8.23. The summed E-state index contributed by atoms with van der Waals surface area (Å²) in [5.74, 6) is 0.926. The molecule has 1 rings (SSSR count). The lowest BCUT2D eigenvalue weighted by Crippen LogP contribution is -2.37. The highest BCUT2D eigenvalue weighted by Gasteiger charge is 2.28. The van der Waals surface area contributed by atoms with Gasteiger partial charge in [0.1, 0.15) is 0 Å². The molecule has 1 aliphatic carbocycles. The van der Waals surface area contributed by atoms with Crippen LogP contribution in [-0.4, -0.2) is 12.1 Å². The van der Waals surface area contributed by atoms with Gasteiger partial charge in [-0.2, -0.15) is 0 Å². The Morgan fingerprint density at radius 2 is 1.78 bits per heavy atom. The molecule has 1 nitrogen and oxygen atoms in total. The third kappa shape index (κ3) is 5.30. The average Bonchev–Trinajstić information content (AvgIpc) is 2.53. The molecule has 18 heavy (non-hydrogen) atoms. The summed E-state index contributed by atoms with van der Waals surface area (Å²) in [5, 5.41) is 3.92. The van der Waals surface area contributed by atoms with Gasteiger partial charge in [0, 0.05) is 12.1 Å². The fraction of sp³-hybridized carbons (Fsp3) is 1.00. The molecule has 0 aromatic carbocycles. The van der Waals surface area contributed by atoms with Crippen molar-refractivity contribution in [2.24, 2.45) is 11.3 Å². The molecular formula is C17H35N. The molecule has 0 heterocycles. The van der Waals surface area contributed by atoms with Crippen LogP contribution < -0.4 is 5.32 Å². The Morgan fingerprint density at radius 3 is 2.33 bits per heavy atom. The Labute approximate surface area is 115 Å². The predicted octanol–water partition coefficient (Wildman–Crippen LogP) is 5.15. The van der Waals surface area contributed by atoms with Gasteiger partial charge in [-0.25, -0.2) is 0 Å². The summed E-state index contributed by atoms with van der Waals surface area (Å²) in [7, 11) is 0. The number of hydrogen-bond donors (Lipinski definition) is 1. The van der Waals surface area contributed by atoms with Crippen molar-refractivity contribution in [1.82, 2.24) is 5.32 Å². The lowest BCUT2D eigenvalue weighted by atomic mass is 9.76. The van der Waals surface area contributed by atoms with Crippen LogP contribution in [0.5, 0.6) is 0 Å². The Balaban J connectivity index is 2.41. The maximum atomic E-state index is 3.92. The number of rotatable bonds is 5. The van der Waals surface area contributed by atoms with Gasteiger partial charge in [0.05, 0.1) is 0 Å². The van der Waals surface area contributed by atoms with Gasteiger partial charge in [-0.1, -0.05) is 47.5 Å². The third-order valence-corrected chi connectivity index (χ3v) is 4.79. The Kier molecular flexibility index (Phi) is 6.70. The van der Waals surface area contributed by atoms with Gasteiger partial charge >= 0.3 is 0 Å².